The molecule has 0 aromatic carbocycles. The van der Waals surface area contributed by atoms with E-state index in [-0.39, 0.29) is 0 Å². The Morgan fingerprint density at radius 2 is 1.93 bits per heavy atom. The molecule has 0 radical (unpaired) electrons. The molecule has 0 fully saturated rings. The fraction of sp³-hybridized carbons (Fsp3) is 0.467. The van der Waals surface area contributed by atoms with E-state index in [0.717, 1.165) is 0 Å². The summed E-state index contributed by atoms with van der Waals surface area (Å²) in [7, 11) is 0. The normalized spacial score (nSPS) is 29.1. The molecule has 0 heteroatoms. The van der Waals surface area contributed by atoms with Crippen LogP contribution in [-0.2, 0) is 0 Å². The van der Waals surface area contributed by atoms with Gasteiger partial charge in [-0.3, -0.25) is 0 Å². The van der Waals surface area contributed by atoms with Crippen LogP contribution in [0.2, 0.25) is 0 Å². The molecular weight excluding hydrogens is 180 g/mol. The third-order valence-electron chi connectivity index (χ3n) is 4.17. The van der Waals surface area contributed by atoms with Crippen molar-refractivity contribution < 1.29 is 0 Å². The van der Waals surface area contributed by atoms with Crippen LogP contribution >= 0.6 is 0 Å². The Bertz CT molecular complexity index is 452. The van der Waals surface area contributed by atoms with Gasteiger partial charge in [0.15, 0.2) is 0 Å². The van der Waals surface area contributed by atoms with Gasteiger partial charge >= 0.3 is 0 Å². The van der Waals surface area contributed by atoms with Gasteiger partial charge in [-0.1, -0.05) is 30.2 Å². The highest BCUT2D eigenvalue weighted by atomic mass is 14.4. The van der Waals surface area contributed by atoms with Crippen LogP contribution < -0.4 is 0 Å². The zero-order valence-corrected chi connectivity index (χ0v) is 9.85. The van der Waals surface area contributed by atoms with Gasteiger partial charge in [-0.05, 0) is 55.4 Å². The van der Waals surface area contributed by atoms with E-state index in [2.05, 4.69) is 32.9 Å². The van der Waals surface area contributed by atoms with Crippen LogP contribution in [0.4, 0.5) is 0 Å². The van der Waals surface area contributed by atoms with Crippen molar-refractivity contribution in [3.63, 3.8) is 0 Å². The molecule has 1 unspecified atom stereocenters. The molecule has 3 rings (SSSR count). The van der Waals surface area contributed by atoms with Crippen molar-refractivity contribution in [2.45, 2.75) is 40.0 Å². The summed E-state index contributed by atoms with van der Waals surface area (Å²) >= 11 is 0. The molecule has 0 aliphatic heterocycles. The molecule has 0 aromatic heterocycles. The zero-order chi connectivity index (χ0) is 10.6. The van der Waals surface area contributed by atoms with Gasteiger partial charge in [0.05, 0.1) is 0 Å². The first-order valence-corrected chi connectivity index (χ1v) is 6.02. The average molecular weight is 198 g/mol. The molecule has 78 valence electrons. The van der Waals surface area contributed by atoms with Crippen LogP contribution in [0, 0.1) is 5.92 Å². The first kappa shape index (κ1) is 9.21. The van der Waals surface area contributed by atoms with Gasteiger partial charge in [-0.15, -0.1) is 0 Å². The number of fused-ring (bicyclic) bond motifs is 1. The molecule has 0 aromatic rings. The predicted octanol–water partition coefficient (Wildman–Crippen LogP) is 4.32. The minimum atomic E-state index is 0.676. The lowest BCUT2D eigenvalue weighted by molar-refractivity contribution is 0.755. The molecule has 0 bridgehead atoms. The van der Waals surface area contributed by atoms with Gasteiger partial charge in [0.25, 0.3) is 0 Å². The first-order valence-electron chi connectivity index (χ1n) is 6.02. The highest BCUT2D eigenvalue weighted by Crippen LogP contribution is 2.48. The molecule has 0 heterocycles. The summed E-state index contributed by atoms with van der Waals surface area (Å²) in [6.45, 7) is 6.90. The Labute approximate surface area is 92.1 Å². The topological polar surface area (TPSA) is 0 Å². The van der Waals surface area contributed by atoms with E-state index in [1.807, 2.05) is 0 Å². The first-order chi connectivity index (χ1) is 7.18. The van der Waals surface area contributed by atoms with Gasteiger partial charge in [0.2, 0.25) is 0 Å². The number of hydrogen-bond acceptors (Lipinski definition) is 0. The van der Waals surface area contributed by atoms with E-state index < -0.39 is 0 Å². The maximum atomic E-state index is 2.38. The van der Waals surface area contributed by atoms with Crippen molar-refractivity contribution in [2.24, 2.45) is 5.92 Å². The Kier molecular flexibility index (Phi) is 1.83. The second kappa shape index (κ2) is 2.98. The molecule has 0 saturated heterocycles. The summed E-state index contributed by atoms with van der Waals surface area (Å²) in [6.07, 6.45) is 8.76. The maximum absolute atomic E-state index is 2.38. The summed E-state index contributed by atoms with van der Waals surface area (Å²) in [5.41, 5.74) is 9.49. The van der Waals surface area contributed by atoms with Crippen LogP contribution in [0.1, 0.15) is 40.0 Å². The number of allylic oxidation sites excluding steroid dienone is 8. The Balaban J connectivity index is 2.20. The second-order valence-electron chi connectivity index (χ2n) is 5.11. The highest BCUT2D eigenvalue weighted by Gasteiger charge is 2.31. The van der Waals surface area contributed by atoms with Gasteiger partial charge < -0.3 is 0 Å². The zero-order valence-electron chi connectivity index (χ0n) is 9.85. The molecule has 3 aliphatic rings. The quantitative estimate of drug-likeness (QED) is 0.544. The predicted molar refractivity (Wildman–Crippen MR) is 64.6 cm³/mol. The fourth-order valence-electron chi connectivity index (χ4n) is 3.38. The van der Waals surface area contributed by atoms with Gasteiger partial charge in [0, 0.05) is 5.92 Å². The monoisotopic (exact) mass is 198 g/mol. The third-order valence-corrected chi connectivity index (χ3v) is 4.17. The summed E-state index contributed by atoms with van der Waals surface area (Å²) in [4.78, 5) is 0. The Morgan fingerprint density at radius 3 is 2.73 bits per heavy atom. The second-order valence-corrected chi connectivity index (χ2v) is 5.11. The van der Waals surface area contributed by atoms with Crippen molar-refractivity contribution >= 4 is 0 Å². The molecule has 0 amide bonds. The molecular formula is C15H18. The fourth-order valence-corrected chi connectivity index (χ4v) is 3.38. The van der Waals surface area contributed by atoms with Gasteiger partial charge in [0.1, 0.15) is 0 Å². The van der Waals surface area contributed by atoms with E-state index in [9.17, 15) is 0 Å². The van der Waals surface area contributed by atoms with Crippen LogP contribution in [0.15, 0.2) is 45.6 Å². The molecule has 1 atom stereocenters. The molecule has 0 saturated carbocycles. The minimum absolute atomic E-state index is 0.676. The average Bonchev–Trinajstić information content (AvgIpc) is 2.79. The van der Waals surface area contributed by atoms with E-state index in [1.54, 1.807) is 22.3 Å². The SMILES string of the molecule is CC1=CC2=C(C)C3=C(CCC3)C(C)C2=C1. The number of rotatable bonds is 0. The van der Waals surface area contributed by atoms with Gasteiger partial charge in [-0.2, -0.15) is 0 Å². The van der Waals surface area contributed by atoms with Crippen molar-refractivity contribution in [1.29, 1.82) is 0 Å². The van der Waals surface area contributed by atoms with E-state index in [1.165, 1.54) is 30.4 Å². The smallest absolute Gasteiger partial charge is 0.00318 e. The van der Waals surface area contributed by atoms with Crippen LogP contribution in [-0.4, -0.2) is 0 Å². The molecule has 0 N–H and O–H groups in total. The Morgan fingerprint density at radius 1 is 1.13 bits per heavy atom. The van der Waals surface area contributed by atoms with Crippen LogP contribution in [0.3, 0.4) is 0 Å². The third kappa shape index (κ3) is 1.14. The lowest BCUT2D eigenvalue weighted by atomic mass is 9.79. The summed E-state index contributed by atoms with van der Waals surface area (Å²) in [5.74, 6) is 0.676. The maximum Gasteiger partial charge on any atom is 0.00318 e. The van der Waals surface area contributed by atoms with E-state index >= 15 is 0 Å². The van der Waals surface area contributed by atoms with Gasteiger partial charge in [-0.25, -0.2) is 0 Å². The van der Waals surface area contributed by atoms with Crippen molar-refractivity contribution in [2.75, 3.05) is 0 Å². The largest absolute Gasteiger partial charge is 0.0595 e. The van der Waals surface area contributed by atoms with E-state index in [0.29, 0.717) is 5.92 Å². The summed E-state index contributed by atoms with van der Waals surface area (Å²) in [6, 6.07) is 0. The molecule has 3 aliphatic carbocycles. The Hall–Kier alpha value is -1.04. The van der Waals surface area contributed by atoms with Crippen LogP contribution in [0.5, 0.6) is 0 Å². The summed E-state index contributed by atoms with van der Waals surface area (Å²) in [5, 5.41) is 0. The van der Waals surface area contributed by atoms with Crippen molar-refractivity contribution in [1.82, 2.24) is 0 Å². The van der Waals surface area contributed by atoms with Crippen molar-refractivity contribution in [3.8, 4) is 0 Å². The molecule has 15 heavy (non-hydrogen) atoms. The highest BCUT2D eigenvalue weighted by molar-refractivity contribution is 5.64. The lowest BCUT2D eigenvalue weighted by Gasteiger charge is -2.26. The van der Waals surface area contributed by atoms with E-state index in [4.69, 9.17) is 0 Å². The minimum Gasteiger partial charge on any atom is -0.0595 e. The van der Waals surface area contributed by atoms with Crippen molar-refractivity contribution in [3.05, 3.63) is 45.6 Å². The molecule has 0 spiro atoms. The standard InChI is InChI=1S/C15H18/c1-9-7-14-10(2)12-5-4-6-13(12)11(3)15(14)8-9/h7-8,10H,4-6H2,1-3H3. The summed E-state index contributed by atoms with van der Waals surface area (Å²) < 4.78 is 0. The molecule has 0 nitrogen and oxygen atoms in total. The number of hydrogen-bond donors (Lipinski definition) is 0. The lowest BCUT2D eigenvalue weighted by Crippen LogP contribution is -2.10. The van der Waals surface area contributed by atoms with Crippen LogP contribution in [0.25, 0.3) is 0 Å².